The normalized spacial score (nSPS) is 17.0. The summed E-state index contributed by atoms with van der Waals surface area (Å²) in [5, 5.41) is 14.8. The number of nitro groups is 1. The summed E-state index contributed by atoms with van der Waals surface area (Å²) in [5.41, 5.74) is 0.918. The molecule has 3 rings (SSSR count). The highest BCUT2D eigenvalue weighted by Gasteiger charge is 2.29. The van der Waals surface area contributed by atoms with Crippen LogP contribution in [0.2, 0.25) is 0 Å². The van der Waals surface area contributed by atoms with Crippen molar-refractivity contribution in [1.29, 1.82) is 0 Å². The molecule has 0 radical (unpaired) electrons. The molecule has 0 saturated carbocycles. The molecule has 8 heteroatoms. The average Bonchev–Trinajstić information content (AvgIpc) is 2.66. The minimum atomic E-state index is -0.398. The van der Waals surface area contributed by atoms with Gasteiger partial charge in [0.2, 0.25) is 11.6 Å². The number of anilines is 2. The van der Waals surface area contributed by atoms with E-state index in [2.05, 4.69) is 22.2 Å². The predicted molar refractivity (Wildman–Crippen MR) is 99.6 cm³/mol. The largest absolute Gasteiger partial charge is 0.497 e. The second-order valence-corrected chi connectivity index (χ2v) is 6.55. The zero-order valence-electron chi connectivity index (χ0n) is 15.0. The van der Waals surface area contributed by atoms with Gasteiger partial charge in [0, 0.05) is 19.6 Å². The molecule has 0 amide bonds. The quantitative estimate of drug-likeness (QED) is 0.626. The molecule has 0 bridgehead atoms. The van der Waals surface area contributed by atoms with Gasteiger partial charge in [0.1, 0.15) is 12.1 Å². The Morgan fingerprint density at radius 1 is 1.35 bits per heavy atom. The molecule has 1 aliphatic rings. The van der Waals surface area contributed by atoms with Crippen LogP contribution in [0, 0.1) is 16.0 Å². The molecular formula is C18H23N5O3. The van der Waals surface area contributed by atoms with Gasteiger partial charge < -0.3 is 15.0 Å². The van der Waals surface area contributed by atoms with Crippen LogP contribution in [0.15, 0.2) is 30.6 Å². The first kappa shape index (κ1) is 17.9. The molecular weight excluding hydrogens is 334 g/mol. The van der Waals surface area contributed by atoms with E-state index in [0.717, 1.165) is 37.2 Å². The van der Waals surface area contributed by atoms with E-state index in [1.807, 2.05) is 29.2 Å². The van der Waals surface area contributed by atoms with Crippen LogP contribution >= 0.6 is 0 Å². The fraction of sp³-hybridized carbons (Fsp3) is 0.444. The lowest BCUT2D eigenvalue weighted by Gasteiger charge is -2.31. The smallest absolute Gasteiger partial charge is 0.353 e. The van der Waals surface area contributed by atoms with Gasteiger partial charge in [-0.3, -0.25) is 10.1 Å². The Kier molecular flexibility index (Phi) is 5.50. The first-order valence-corrected chi connectivity index (χ1v) is 8.69. The average molecular weight is 357 g/mol. The fourth-order valence-electron chi connectivity index (χ4n) is 3.21. The summed E-state index contributed by atoms with van der Waals surface area (Å²) in [6.07, 6.45) is 3.53. The Labute approximate surface area is 152 Å². The third-order valence-corrected chi connectivity index (χ3v) is 4.56. The van der Waals surface area contributed by atoms with Crippen LogP contribution in [0.25, 0.3) is 0 Å². The Morgan fingerprint density at radius 2 is 2.12 bits per heavy atom. The molecule has 8 nitrogen and oxygen atoms in total. The highest BCUT2D eigenvalue weighted by Crippen LogP contribution is 2.34. The SMILES string of the molecule is COc1ccc(CNc2ncnc(N3CCCC(C)C3)c2[N+](=O)[O-])cc1. The van der Waals surface area contributed by atoms with E-state index in [9.17, 15) is 10.1 Å². The maximum Gasteiger partial charge on any atom is 0.353 e. The minimum Gasteiger partial charge on any atom is -0.497 e. The van der Waals surface area contributed by atoms with Gasteiger partial charge in [-0.1, -0.05) is 19.1 Å². The summed E-state index contributed by atoms with van der Waals surface area (Å²) in [4.78, 5) is 21.6. The van der Waals surface area contributed by atoms with Crippen LogP contribution in [-0.4, -0.2) is 35.1 Å². The molecule has 1 fully saturated rings. The summed E-state index contributed by atoms with van der Waals surface area (Å²) in [7, 11) is 1.61. The Bertz CT molecular complexity index is 766. The zero-order valence-corrected chi connectivity index (χ0v) is 15.0. The molecule has 1 atom stereocenters. The monoisotopic (exact) mass is 357 g/mol. The number of benzene rings is 1. The topological polar surface area (TPSA) is 93.4 Å². The number of hydrogen-bond acceptors (Lipinski definition) is 7. The van der Waals surface area contributed by atoms with Crippen molar-refractivity contribution < 1.29 is 9.66 Å². The van der Waals surface area contributed by atoms with Crippen molar-refractivity contribution in [1.82, 2.24) is 9.97 Å². The van der Waals surface area contributed by atoms with Gasteiger partial charge in [-0.2, -0.15) is 0 Å². The van der Waals surface area contributed by atoms with Crippen molar-refractivity contribution in [2.45, 2.75) is 26.3 Å². The molecule has 26 heavy (non-hydrogen) atoms. The molecule has 2 heterocycles. The number of piperidine rings is 1. The number of methoxy groups -OCH3 is 1. The Morgan fingerprint density at radius 3 is 2.77 bits per heavy atom. The van der Waals surface area contributed by atoms with E-state index >= 15 is 0 Å². The van der Waals surface area contributed by atoms with Gasteiger partial charge in [0.25, 0.3) is 0 Å². The summed E-state index contributed by atoms with van der Waals surface area (Å²) in [5.74, 6) is 1.90. The lowest BCUT2D eigenvalue weighted by molar-refractivity contribution is -0.383. The van der Waals surface area contributed by atoms with Gasteiger partial charge in [-0.05, 0) is 36.5 Å². The predicted octanol–water partition coefficient (Wildman–Crippen LogP) is 3.24. The van der Waals surface area contributed by atoms with Crippen molar-refractivity contribution in [3.8, 4) is 5.75 Å². The molecule has 138 valence electrons. The molecule has 1 unspecified atom stereocenters. The molecule has 1 aromatic carbocycles. The van der Waals surface area contributed by atoms with Crippen molar-refractivity contribution in [2.75, 3.05) is 30.4 Å². The van der Waals surface area contributed by atoms with E-state index in [4.69, 9.17) is 4.74 Å². The number of ether oxygens (including phenoxy) is 1. The summed E-state index contributed by atoms with van der Waals surface area (Å²) >= 11 is 0. The van der Waals surface area contributed by atoms with Crippen LogP contribution in [0.1, 0.15) is 25.3 Å². The number of rotatable bonds is 6. The van der Waals surface area contributed by atoms with E-state index < -0.39 is 4.92 Å². The second kappa shape index (κ2) is 7.99. The first-order valence-electron chi connectivity index (χ1n) is 8.69. The van der Waals surface area contributed by atoms with Crippen LogP contribution in [-0.2, 0) is 6.54 Å². The minimum absolute atomic E-state index is 0.0601. The number of hydrogen-bond donors (Lipinski definition) is 1. The van der Waals surface area contributed by atoms with Crippen molar-refractivity contribution in [2.24, 2.45) is 5.92 Å². The van der Waals surface area contributed by atoms with Crippen molar-refractivity contribution >= 4 is 17.3 Å². The van der Waals surface area contributed by atoms with Crippen LogP contribution in [0.4, 0.5) is 17.3 Å². The first-order chi connectivity index (χ1) is 12.6. The summed E-state index contributed by atoms with van der Waals surface area (Å²) in [6.45, 7) is 4.13. The van der Waals surface area contributed by atoms with Crippen molar-refractivity contribution in [3.05, 3.63) is 46.3 Å². The van der Waals surface area contributed by atoms with Gasteiger partial charge in [-0.15, -0.1) is 0 Å². The van der Waals surface area contributed by atoms with Crippen LogP contribution in [0.5, 0.6) is 5.75 Å². The standard InChI is InChI=1S/C18H23N5O3/c1-13-4-3-9-22(11-13)18-16(23(24)25)17(20-12-21-18)19-10-14-5-7-15(26-2)8-6-14/h5-8,12-13H,3-4,9-11H2,1-2H3,(H,19,20,21). The molecule has 1 aliphatic heterocycles. The molecule has 1 N–H and O–H groups in total. The van der Waals surface area contributed by atoms with E-state index in [1.54, 1.807) is 7.11 Å². The molecule has 0 aliphatic carbocycles. The lowest BCUT2D eigenvalue weighted by Crippen LogP contribution is -2.35. The van der Waals surface area contributed by atoms with Crippen LogP contribution in [0.3, 0.4) is 0 Å². The number of aromatic nitrogens is 2. The number of nitrogens with one attached hydrogen (secondary N) is 1. The van der Waals surface area contributed by atoms with Crippen molar-refractivity contribution in [3.63, 3.8) is 0 Å². The molecule has 0 spiro atoms. The number of nitrogens with zero attached hydrogens (tertiary/aromatic N) is 4. The van der Waals surface area contributed by atoms with Gasteiger partial charge >= 0.3 is 5.69 Å². The van der Waals surface area contributed by atoms with E-state index in [-0.39, 0.29) is 11.5 Å². The van der Waals surface area contributed by atoms with Gasteiger partial charge in [0.05, 0.1) is 12.0 Å². The highest BCUT2D eigenvalue weighted by atomic mass is 16.6. The fourth-order valence-corrected chi connectivity index (χ4v) is 3.21. The maximum atomic E-state index is 11.7. The van der Waals surface area contributed by atoms with Crippen LogP contribution < -0.4 is 15.0 Å². The molecule has 1 aromatic heterocycles. The van der Waals surface area contributed by atoms with E-state index in [0.29, 0.717) is 18.3 Å². The highest BCUT2D eigenvalue weighted by molar-refractivity contribution is 5.70. The second-order valence-electron chi connectivity index (χ2n) is 6.55. The third-order valence-electron chi connectivity index (χ3n) is 4.56. The van der Waals surface area contributed by atoms with Gasteiger partial charge in [-0.25, -0.2) is 9.97 Å². The molecule has 2 aromatic rings. The lowest BCUT2D eigenvalue weighted by atomic mass is 10.0. The van der Waals surface area contributed by atoms with E-state index in [1.165, 1.54) is 6.33 Å². The third kappa shape index (κ3) is 4.01. The Balaban J connectivity index is 1.82. The summed E-state index contributed by atoms with van der Waals surface area (Å²) < 4.78 is 5.14. The summed E-state index contributed by atoms with van der Waals surface area (Å²) in [6, 6.07) is 7.52. The maximum absolute atomic E-state index is 11.7. The Hall–Kier alpha value is -2.90. The zero-order chi connectivity index (χ0) is 18.5. The molecule has 1 saturated heterocycles. The van der Waals surface area contributed by atoms with Gasteiger partial charge in [0.15, 0.2) is 0 Å².